The predicted octanol–water partition coefficient (Wildman–Crippen LogP) is 2.23. The van der Waals surface area contributed by atoms with E-state index in [1.807, 2.05) is 19.6 Å². The van der Waals surface area contributed by atoms with Gasteiger partial charge in [-0.1, -0.05) is 0 Å². The minimum atomic E-state index is -1.61. The van der Waals surface area contributed by atoms with Crippen LogP contribution in [0.2, 0.25) is 19.6 Å². The quantitative estimate of drug-likeness (QED) is 0.498. The first-order valence-electron chi connectivity index (χ1n) is 3.58. The number of rotatable bonds is 5. The van der Waals surface area contributed by atoms with Gasteiger partial charge in [-0.15, -0.1) is 0 Å². The highest BCUT2D eigenvalue weighted by molar-refractivity contribution is 7.41. The Hall–Kier alpha value is 0.237. The monoisotopic (exact) mass is 195 g/mol. The summed E-state index contributed by atoms with van der Waals surface area (Å²) in [6.45, 7) is 6.58. The number of methoxy groups -OCH3 is 1. The molecule has 0 aliphatic carbocycles. The van der Waals surface area contributed by atoms with Gasteiger partial charge in [0.1, 0.15) is 0 Å². The molecular formula is C6H16O3PSi+. The summed E-state index contributed by atoms with van der Waals surface area (Å²) in [6.07, 6.45) is 0.510. The minimum absolute atomic E-state index is 0.510. The molecule has 0 rings (SSSR count). The summed E-state index contributed by atoms with van der Waals surface area (Å²) < 4.78 is 21.2. The molecule has 0 aliphatic rings. The maximum atomic E-state index is 11.1. The van der Waals surface area contributed by atoms with Crippen molar-refractivity contribution >= 4 is 16.3 Å². The van der Waals surface area contributed by atoms with Crippen LogP contribution in [0.1, 0.15) is 0 Å². The third-order valence-electron chi connectivity index (χ3n) is 0.854. The van der Waals surface area contributed by atoms with Gasteiger partial charge in [0.05, 0.1) is 6.61 Å². The molecule has 0 saturated carbocycles. The summed E-state index contributed by atoms with van der Waals surface area (Å²) >= 11 is 0. The molecule has 0 fully saturated rings. The molecule has 0 aliphatic heterocycles. The van der Waals surface area contributed by atoms with E-state index in [4.69, 9.17) is 8.95 Å². The van der Waals surface area contributed by atoms with Gasteiger partial charge >= 0.3 is 8.03 Å². The van der Waals surface area contributed by atoms with Crippen LogP contribution in [0.5, 0.6) is 0 Å². The Morgan fingerprint density at radius 1 is 1.36 bits per heavy atom. The van der Waals surface area contributed by atoms with Crippen LogP contribution in [0.4, 0.5) is 0 Å². The van der Waals surface area contributed by atoms with E-state index >= 15 is 0 Å². The van der Waals surface area contributed by atoms with Gasteiger partial charge in [0.15, 0.2) is 6.16 Å². The van der Waals surface area contributed by atoms with Gasteiger partial charge in [-0.05, 0) is 24.2 Å². The van der Waals surface area contributed by atoms with E-state index in [1.165, 1.54) is 0 Å². The average Bonchev–Trinajstić information content (AvgIpc) is 1.79. The molecule has 3 nitrogen and oxygen atoms in total. The minimum Gasteiger partial charge on any atom is -0.380 e. The first-order chi connectivity index (χ1) is 4.95. The Kier molecular flexibility index (Phi) is 5.09. The van der Waals surface area contributed by atoms with Crippen LogP contribution in [-0.2, 0) is 13.5 Å². The molecule has 0 aromatic heterocycles. The van der Waals surface area contributed by atoms with Crippen molar-refractivity contribution in [1.29, 1.82) is 0 Å². The number of ether oxygens (including phenoxy) is 1. The van der Waals surface area contributed by atoms with Crippen LogP contribution in [-0.4, -0.2) is 28.2 Å². The van der Waals surface area contributed by atoms with Crippen molar-refractivity contribution in [3.8, 4) is 0 Å². The Morgan fingerprint density at radius 3 is 2.27 bits per heavy atom. The Bertz CT molecular complexity index is 132. The van der Waals surface area contributed by atoms with Gasteiger partial charge in [0, 0.05) is 7.11 Å². The Morgan fingerprint density at radius 2 is 1.91 bits per heavy atom. The summed E-state index contributed by atoms with van der Waals surface area (Å²) in [5.41, 5.74) is 0. The van der Waals surface area contributed by atoms with Crippen molar-refractivity contribution < 1.29 is 13.5 Å². The molecule has 1 unspecified atom stereocenters. The van der Waals surface area contributed by atoms with Gasteiger partial charge in [-0.25, -0.2) is 4.21 Å². The lowest BCUT2D eigenvalue weighted by atomic mass is 10.9. The smallest absolute Gasteiger partial charge is 0.380 e. The van der Waals surface area contributed by atoms with Crippen molar-refractivity contribution in [2.75, 3.05) is 19.9 Å². The molecule has 66 valence electrons. The van der Waals surface area contributed by atoms with Crippen LogP contribution in [0.25, 0.3) is 0 Å². The summed E-state index contributed by atoms with van der Waals surface area (Å²) in [5, 5.41) is 0. The zero-order valence-electron chi connectivity index (χ0n) is 7.59. The summed E-state index contributed by atoms with van der Waals surface area (Å²) in [6, 6.07) is 0. The maximum Gasteiger partial charge on any atom is 0.498 e. The third kappa shape index (κ3) is 8.14. The summed E-state index contributed by atoms with van der Waals surface area (Å²) in [4.78, 5) is 0. The Labute approximate surface area is 70.1 Å². The van der Waals surface area contributed by atoms with E-state index in [2.05, 4.69) is 0 Å². The van der Waals surface area contributed by atoms with Crippen molar-refractivity contribution in [3.63, 3.8) is 0 Å². The normalized spacial score (nSPS) is 13.3. The lowest BCUT2D eigenvalue weighted by molar-refractivity contribution is 0.216. The first kappa shape index (κ1) is 11.2. The summed E-state index contributed by atoms with van der Waals surface area (Å²) in [7, 11) is -1.50. The second-order valence-corrected chi connectivity index (χ2v) is 9.32. The van der Waals surface area contributed by atoms with Crippen LogP contribution in [0.3, 0.4) is 0 Å². The van der Waals surface area contributed by atoms with E-state index in [0.29, 0.717) is 12.8 Å². The van der Waals surface area contributed by atoms with Crippen LogP contribution < -0.4 is 0 Å². The van der Waals surface area contributed by atoms with E-state index in [-0.39, 0.29) is 0 Å². The Balaban J connectivity index is 3.53. The van der Waals surface area contributed by atoms with Gasteiger partial charge in [0.25, 0.3) is 8.32 Å². The highest BCUT2D eigenvalue weighted by atomic mass is 31.1. The largest absolute Gasteiger partial charge is 0.498 e. The number of hydrogen-bond donors (Lipinski definition) is 0. The molecule has 5 heteroatoms. The fourth-order valence-corrected chi connectivity index (χ4v) is 3.66. The standard InChI is InChI=1S/C6H16O3PSi/c1-8-5-6-10(7)9-11(2,3)4/h5-6H2,1-4H3/q+1. The average molecular weight is 195 g/mol. The fraction of sp³-hybridized carbons (Fsp3) is 1.00. The van der Waals surface area contributed by atoms with Crippen LogP contribution in [0, 0.1) is 0 Å². The van der Waals surface area contributed by atoms with Gasteiger partial charge in [-0.2, -0.15) is 0 Å². The zero-order chi connectivity index (χ0) is 8.91. The molecule has 0 saturated heterocycles. The summed E-state index contributed by atoms with van der Waals surface area (Å²) in [5.74, 6) is 0. The molecule has 11 heavy (non-hydrogen) atoms. The van der Waals surface area contributed by atoms with Crippen LogP contribution in [0.15, 0.2) is 0 Å². The number of hydrogen-bond acceptors (Lipinski definition) is 3. The lowest BCUT2D eigenvalue weighted by Crippen LogP contribution is -2.21. The molecule has 0 bridgehead atoms. The van der Waals surface area contributed by atoms with Crippen LogP contribution >= 0.6 is 8.03 Å². The van der Waals surface area contributed by atoms with E-state index < -0.39 is 16.3 Å². The lowest BCUT2D eigenvalue weighted by Gasteiger charge is -2.05. The fourth-order valence-electron chi connectivity index (χ4n) is 0.517. The molecule has 0 amide bonds. The molecule has 0 aromatic rings. The molecule has 0 spiro atoms. The van der Waals surface area contributed by atoms with Crippen molar-refractivity contribution in [1.82, 2.24) is 0 Å². The second kappa shape index (κ2) is 4.98. The van der Waals surface area contributed by atoms with Crippen molar-refractivity contribution in [2.45, 2.75) is 19.6 Å². The molecule has 0 radical (unpaired) electrons. The maximum absolute atomic E-state index is 11.1. The van der Waals surface area contributed by atoms with E-state index in [9.17, 15) is 4.57 Å². The predicted molar refractivity (Wildman–Crippen MR) is 48.8 cm³/mol. The van der Waals surface area contributed by atoms with E-state index in [1.54, 1.807) is 7.11 Å². The second-order valence-electron chi connectivity index (χ2n) is 3.25. The zero-order valence-corrected chi connectivity index (χ0v) is 9.48. The first-order valence-corrected chi connectivity index (χ1v) is 8.35. The van der Waals surface area contributed by atoms with E-state index in [0.717, 1.165) is 0 Å². The van der Waals surface area contributed by atoms with Gasteiger partial charge in [0.2, 0.25) is 0 Å². The van der Waals surface area contributed by atoms with Gasteiger partial charge in [-0.3, -0.25) is 0 Å². The molecule has 0 aromatic carbocycles. The topological polar surface area (TPSA) is 35.5 Å². The SMILES string of the molecule is COCC[P+](=O)O[Si](C)(C)C. The highest BCUT2D eigenvalue weighted by Crippen LogP contribution is 2.27. The van der Waals surface area contributed by atoms with Crippen molar-refractivity contribution in [3.05, 3.63) is 0 Å². The van der Waals surface area contributed by atoms with Gasteiger partial charge < -0.3 is 4.74 Å². The highest BCUT2D eigenvalue weighted by Gasteiger charge is 2.28. The molecule has 0 heterocycles. The molecular weight excluding hydrogens is 179 g/mol. The molecule has 0 N–H and O–H groups in total. The molecule has 1 atom stereocenters. The third-order valence-corrected chi connectivity index (χ3v) is 4.41. The van der Waals surface area contributed by atoms with Crippen molar-refractivity contribution in [2.24, 2.45) is 0 Å².